The maximum Gasteiger partial charge on any atom is 0.402 e. The van der Waals surface area contributed by atoms with E-state index >= 15 is 0 Å². The highest BCUT2D eigenvalue weighted by molar-refractivity contribution is 8.01. The van der Waals surface area contributed by atoms with E-state index in [1.807, 2.05) is 0 Å². The smallest absolute Gasteiger partial charge is 0.329 e. The van der Waals surface area contributed by atoms with E-state index < -0.39 is 18.0 Å². The molecule has 0 saturated carbocycles. The van der Waals surface area contributed by atoms with Crippen molar-refractivity contribution >= 4 is 23.1 Å². The summed E-state index contributed by atoms with van der Waals surface area (Å²) >= 11 is 1.74. The Balaban J connectivity index is 2.66. The molecule has 1 unspecified atom stereocenters. The van der Waals surface area contributed by atoms with Crippen LogP contribution in [-0.2, 0) is 0 Å². The lowest BCUT2D eigenvalue weighted by Crippen LogP contribution is -2.32. The molecule has 14 heavy (non-hydrogen) atoms. The molecular weight excluding hydrogens is 235 g/mol. The van der Waals surface area contributed by atoms with Crippen molar-refractivity contribution in [1.29, 1.82) is 0 Å². The number of nitrogens with two attached hydrogens (primary N) is 1. The molecular formula is C6H8F3N3S2. The van der Waals surface area contributed by atoms with Crippen LogP contribution in [0.25, 0.3) is 0 Å². The summed E-state index contributed by atoms with van der Waals surface area (Å²) in [5.74, 6) is 0. The standard InChI is InChI=1S/C6H8F3N3S2/c1-3-11-12-5(13-3)14-4(2-10)6(7,8)9/h4H,2,10H2,1H3. The van der Waals surface area contributed by atoms with Crippen LogP contribution < -0.4 is 5.73 Å². The fourth-order valence-electron chi connectivity index (χ4n) is 0.696. The number of nitrogens with zero attached hydrogens (tertiary/aromatic N) is 2. The van der Waals surface area contributed by atoms with Gasteiger partial charge in [0.05, 0.1) is 0 Å². The average molecular weight is 243 g/mol. The first-order chi connectivity index (χ1) is 6.43. The lowest BCUT2D eigenvalue weighted by molar-refractivity contribution is -0.126. The normalized spacial score (nSPS) is 14.4. The second-order valence-electron chi connectivity index (χ2n) is 2.47. The van der Waals surface area contributed by atoms with E-state index in [0.29, 0.717) is 21.1 Å². The zero-order chi connectivity index (χ0) is 10.8. The number of thioether (sulfide) groups is 1. The molecule has 0 aromatic carbocycles. The summed E-state index contributed by atoms with van der Waals surface area (Å²) in [5, 5.41) is 6.26. The highest BCUT2D eigenvalue weighted by atomic mass is 32.2. The van der Waals surface area contributed by atoms with Crippen LogP contribution in [0, 0.1) is 6.92 Å². The highest BCUT2D eigenvalue weighted by Gasteiger charge is 2.40. The van der Waals surface area contributed by atoms with Gasteiger partial charge in [-0.2, -0.15) is 13.2 Å². The van der Waals surface area contributed by atoms with Crippen LogP contribution in [0.15, 0.2) is 4.34 Å². The Bertz CT molecular complexity index is 299. The predicted octanol–water partition coefficient (Wildman–Crippen LogP) is 1.83. The summed E-state index contributed by atoms with van der Waals surface area (Å²) in [6, 6.07) is 0. The minimum Gasteiger partial charge on any atom is -0.329 e. The summed E-state index contributed by atoms with van der Waals surface area (Å²) in [6.45, 7) is 1.24. The van der Waals surface area contributed by atoms with Crippen LogP contribution in [0.3, 0.4) is 0 Å². The quantitative estimate of drug-likeness (QED) is 0.823. The van der Waals surface area contributed by atoms with Crippen molar-refractivity contribution in [1.82, 2.24) is 10.2 Å². The first-order valence-corrected chi connectivity index (χ1v) is 5.36. The molecule has 0 aliphatic rings. The monoisotopic (exact) mass is 243 g/mol. The SMILES string of the molecule is Cc1nnc(SC(CN)C(F)(F)F)s1. The van der Waals surface area contributed by atoms with Gasteiger partial charge in [-0.1, -0.05) is 23.1 Å². The van der Waals surface area contributed by atoms with Gasteiger partial charge in [0.25, 0.3) is 0 Å². The van der Waals surface area contributed by atoms with Crippen LogP contribution >= 0.6 is 23.1 Å². The van der Waals surface area contributed by atoms with Crippen LogP contribution in [-0.4, -0.2) is 28.2 Å². The van der Waals surface area contributed by atoms with E-state index in [9.17, 15) is 13.2 Å². The van der Waals surface area contributed by atoms with Crippen LogP contribution in [0.2, 0.25) is 0 Å². The van der Waals surface area contributed by atoms with E-state index in [1.54, 1.807) is 6.92 Å². The Morgan fingerprint density at radius 1 is 1.50 bits per heavy atom. The zero-order valence-electron chi connectivity index (χ0n) is 7.21. The molecule has 1 aromatic rings. The summed E-state index contributed by atoms with van der Waals surface area (Å²) in [7, 11) is 0. The molecule has 1 aromatic heterocycles. The molecule has 0 saturated heterocycles. The third-order valence-electron chi connectivity index (χ3n) is 1.33. The summed E-state index contributed by atoms with van der Waals surface area (Å²) in [6.07, 6.45) is -4.29. The number of aromatic nitrogens is 2. The van der Waals surface area contributed by atoms with E-state index in [1.165, 1.54) is 0 Å². The molecule has 8 heteroatoms. The Kier molecular flexibility index (Phi) is 3.73. The van der Waals surface area contributed by atoms with Gasteiger partial charge in [-0.25, -0.2) is 0 Å². The molecule has 1 heterocycles. The Morgan fingerprint density at radius 2 is 2.14 bits per heavy atom. The molecule has 0 aliphatic carbocycles. The molecule has 1 rings (SSSR count). The number of alkyl halides is 3. The van der Waals surface area contributed by atoms with Crippen molar-refractivity contribution in [3.63, 3.8) is 0 Å². The predicted molar refractivity (Wildman–Crippen MR) is 49.4 cm³/mol. The van der Waals surface area contributed by atoms with Crippen LogP contribution in [0.4, 0.5) is 13.2 Å². The Morgan fingerprint density at radius 3 is 2.50 bits per heavy atom. The maximum atomic E-state index is 12.3. The fraction of sp³-hybridized carbons (Fsp3) is 0.667. The lowest BCUT2D eigenvalue weighted by atomic mass is 10.4. The van der Waals surface area contributed by atoms with E-state index in [-0.39, 0.29) is 0 Å². The van der Waals surface area contributed by atoms with Gasteiger partial charge in [0, 0.05) is 6.54 Å². The summed E-state index contributed by atoms with van der Waals surface area (Å²) in [5.41, 5.74) is 5.03. The molecule has 0 aliphatic heterocycles. The molecule has 1 atom stereocenters. The van der Waals surface area contributed by atoms with Crippen molar-refractivity contribution in [3.8, 4) is 0 Å². The van der Waals surface area contributed by atoms with Gasteiger partial charge < -0.3 is 5.73 Å². The second kappa shape index (κ2) is 4.45. The van der Waals surface area contributed by atoms with Gasteiger partial charge in [0.15, 0.2) is 4.34 Å². The number of halogens is 3. The molecule has 2 N–H and O–H groups in total. The van der Waals surface area contributed by atoms with Gasteiger partial charge in [0.1, 0.15) is 10.3 Å². The van der Waals surface area contributed by atoms with Gasteiger partial charge in [-0.3, -0.25) is 0 Å². The first kappa shape index (κ1) is 11.7. The first-order valence-electron chi connectivity index (χ1n) is 3.67. The van der Waals surface area contributed by atoms with Crippen molar-refractivity contribution in [2.24, 2.45) is 5.73 Å². The average Bonchev–Trinajstić information content (AvgIpc) is 2.45. The number of hydrogen-bond donors (Lipinski definition) is 1. The molecule has 3 nitrogen and oxygen atoms in total. The van der Waals surface area contributed by atoms with Crippen molar-refractivity contribution in [3.05, 3.63) is 5.01 Å². The molecule has 0 spiro atoms. The molecule has 0 radical (unpaired) electrons. The zero-order valence-corrected chi connectivity index (χ0v) is 8.84. The van der Waals surface area contributed by atoms with Crippen molar-refractivity contribution in [2.75, 3.05) is 6.54 Å². The summed E-state index contributed by atoms with van der Waals surface area (Å²) in [4.78, 5) is 0. The third-order valence-corrected chi connectivity index (χ3v) is 3.53. The van der Waals surface area contributed by atoms with Crippen LogP contribution in [0.5, 0.6) is 0 Å². The van der Waals surface area contributed by atoms with Gasteiger partial charge in [0.2, 0.25) is 0 Å². The molecule has 0 amide bonds. The molecule has 80 valence electrons. The molecule has 0 bridgehead atoms. The van der Waals surface area contributed by atoms with E-state index in [2.05, 4.69) is 10.2 Å². The lowest BCUT2D eigenvalue weighted by Gasteiger charge is -2.15. The number of rotatable bonds is 3. The van der Waals surface area contributed by atoms with Gasteiger partial charge in [-0.05, 0) is 6.92 Å². The van der Waals surface area contributed by atoms with Crippen molar-refractivity contribution in [2.45, 2.75) is 22.7 Å². The van der Waals surface area contributed by atoms with E-state index in [4.69, 9.17) is 5.73 Å². The minimum absolute atomic E-state index is 0.301. The fourth-order valence-corrected chi connectivity index (χ4v) is 2.58. The van der Waals surface area contributed by atoms with Crippen molar-refractivity contribution < 1.29 is 13.2 Å². The minimum atomic E-state index is -4.29. The number of aryl methyl sites for hydroxylation is 1. The second-order valence-corrected chi connectivity index (χ2v) is 5.10. The molecule has 0 fully saturated rings. The van der Waals surface area contributed by atoms with Gasteiger partial charge >= 0.3 is 6.18 Å². The third kappa shape index (κ3) is 3.10. The summed E-state index contributed by atoms with van der Waals surface area (Å²) < 4.78 is 37.1. The Labute approximate surface area is 86.9 Å². The van der Waals surface area contributed by atoms with E-state index in [0.717, 1.165) is 11.3 Å². The highest BCUT2D eigenvalue weighted by Crippen LogP contribution is 2.35. The van der Waals surface area contributed by atoms with Crippen LogP contribution in [0.1, 0.15) is 5.01 Å². The van der Waals surface area contributed by atoms with Gasteiger partial charge in [-0.15, -0.1) is 10.2 Å². The topological polar surface area (TPSA) is 51.8 Å². The maximum absolute atomic E-state index is 12.3. The number of hydrogen-bond acceptors (Lipinski definition) is 5. The largest absolute Gasteiger partial charge is 0.402 e. The Hall–Kier alpha value is -0.340.